The maximum Gasteiger partial charge on any atom is 0.247 e. The van der Waals surface area contributed by atoms with E-state index in [0.717, 1.165) is 0 Å². The van der Waals surface area contributed by atoms with Crippen LogP contribution in [0.4, 0.5) is 11.4 Å². The molecule has 0 amide bonds. The molecule has 7 aromatic rings. The van der Waals surface area contributed by atoms with Crippen LogP contribution in [0, 0.1) is 5.41 Å². The topological polar surface area (TPSA) is 8.17 Å². The zero-order valence-corrected chi connectivity index (χ0v) is 33.3. The molecule has 56 heavy (non-hydrogen) atoms. The molecule has 3 aliphatic heterocycles. The quantitative estimate of drug-likeness (QED) is 0.161. The van der Waals surface area contributed by atoms with E-state index >= 15 is 0 Å². The fraction of sp³-hybridized carbons (Fsp3) is 0.321. The van der Waals surface area contributed by atoms with Gasteiger partial charge >= 0.3 is 0 Å². The second-order valence-corrected chi connectivity index (χ2v) is 19.4. The molecular formula is C53H49BN2. The van der Waals surface area contributed by atoms with E-state index in [4.69, 9.17) is 0 Å². The van der Waals surface area contributed by atoms with Gasteiger partial charge in [-0.05, 0) is 118 Å². The van der Waals surface area contributed by atoms with Crippen molar-refractivity contribution >= 4 is 56.3 Å². The molecule has 0 radical (unpaired) electrons. The summed E-state index contributed by atoms with van der Waals surface area (Å²) in [6.07, 6.45) is 10.2. The van der Waals surface area contributed by atoms with Crippen molar-refractivity contribution in [3.05, 3.63) is 144 Å². The molecule has 0 spiro atoms. The summed E-state index contributed by atoms with van der Waals surface area (Å²) in [4.78, 5) is 2.87. The van der Waals surface area contributed by atoms with Gasteiger partial charge in [0.15, 0.2) is 0 Å². The van der Waals surface area contributed by atoms with E-state index in [1.807, 2.05) is 0 Å². The largest absolute Gasteiger partial charge is 0.334 e. The fourth-order valence-corrected chi connectivity index (χ4v) is 14.4. The number of para-hydroxylation sites is 2. The minimum atomic E-state index is -0.0411. The Bertz CT molecular complexity index is 2870. The Balaban J connectivity index is 1.15. The van der Waals surface area contributed by atoms with Crippen molar-refractivity contribution in [3.8, 4) is 16.8 Å². The number of hydrogen-bond donors (Lipinski definition) is 0. The highest BCUT2D eigenvalue weighted by atomic mass is 15.3. The van der Waals surface area contributed by atoms with Gasteiger partial charge in [0, 0.05) is 44.7 Å². The van der Waals surface area contributed by atoms with E-state index in [2.05, 4.69) is 158 Å². The number of aromatic nitrogens is 1. The lowest BCUT2D eigenvalue weighted by molar-refractivity contribution is 0.0926. The van der Waals surface area contributed by atoms with Crippen molar-refractivity contribution in [1.29, 1.82) is 0 Å². The van der Waals surface area contributed by atoms with Gasteiger partial charge in [-0.2, -0.15) is 0 Å². The molecule has 2 fully saturated rings. The van der Waals surface area contributed by atoms with Crippen LogP contribution in [-0.2, 0) is 10.8 Å². The van der Waals surface area contributed by atoms with E-state index < -0.39 is 0 Å². The zero-order valence-electron chi connectivity index (χ0n) is 33.3. The van der Waals surface area contributed by atoms with E-state index in [9.17, 15) is 0 Å². The second kappa shape index (κ2) is 10.5. The molecule has 3 heteroatoms. The SMILES string of the molecule is CC12CCCCC1(C)C1c3cc(N4c5ccc(-c6ccccc6)cc5C5(C)CCCCC45C)cc4c3B(c3cccc2c31)c1cccc2c3ccccc3n-4c12. The Morgan fingerprint density at radius 1 is 0.571 bits per heavy atom. The van der Waals surface area contributed by atoms with E-state index in [1.165, 1.54) is 112 Å². The number of anilines is 2. The summed E-state index contributed by atoms with van der Waals surface area (Å²) in [6, 6.07) is 47.7. The minimum absolute atomic E-state index is 0.0411. The third-order valence-corrected chi connectivity index (χ3v) is 17.4. The highest BCUT2D eigenvalue weighted by molar-refractivity contribution is 6.99. The molecule has 4 heterocycles. The Labute approximate surface area is 331 Å². The molecule has 2 nitrogen and oxygen atoms in total. The lowest BCUT2D eigenvalue weighted by atomic mass is 9.31. The zero-order chi connectivity index (χ0) is 37.3. The second-order valence-electron chi connectivity index (χ2n) is 19.4. The standard InChI is InChI=1S/C53H49BN2/c1-50-26-10-11-28-52(50,3)47-38-31-35(56-44-25-24-34(33-16-6-5-7-17-33)30-40(44)51(2)27-12-13-29-53(51,56)4)32-45-48(38)54(41-21-15-20-39(50)46(41)47)42-22-14-19-37-36-18-8-9-23-43(36)55(45)49(37)42/h5-9,14-25,30-32,47H,10-13,26-29H2,1-4H3. The third-order valence-electron chi connectivity index (χ3n) is 17.4. The number of nitrogens with zero attached hydrogens (tertiary/aromatic N) is 2. The van der Waals surface area contributed by atoms with Crippen LogP contribution in [0.25, 0.3) is 38.6 Å². The van der Waals surface area contributed by atoms with Crippen LogP contribution in [0.15, 0.2) is 121 Å². The lowest BCUT2D eigenvalue weighted by Crippen LogP contribution is -2.61. The first kappa shape index (κ1) is 32.1. The highest BCUT2D eigenvalue weighted by Gasteiger charge is 2.63. The van der Waals surface area contributed by atoms with Crippen LogP contribution < -0.4 is 21.3 Å². The Morgan fingerprint density at radius 2 is 1.30 bits per heavy atom. The molecule has 0 saturated heterocycles. The normalized spacial score (nSPS) is 28.9. The average molecular weight is 725 g/mol. The van der Waals surface area contributed by atoms with E-state index in [0.29, 0.717) is 5.92 Å². The van der Waals surface area contributed by atoms with Gasteiger partial charge < -0.3 is 9.47 Å². The number of fused-ring (bicyclic) bond motifs is 13. The predicted molar refractivity (Wildman–Crippen MR) is 236 cm³/mol. The maximum atomic E-state index is 2.87. The fourth-order valence-electron chi connectivity index (χ4n) is 14.4. The van der Waals surface area contributed by atoms with Crippen molar-refractivity contribution in [1.82, 2.24) is 4.57 Å². The first-order chi connectivity index (χ1) is 27.3. The molecule has 1 aromatic heterocycles. The molecule has 5 unspecified atom stereocenters. The summed E-state index contributed by atoms with van der Waals surface area (Å²) in [5.74, 6) is 0.375. The summed E-state index contributed by atoms with van der Waals surface area (Å²) in [7, 11) is 0. The number of rotatable bonds is 2. The highest BCUT2D eigenvalue weighted by Crippen LogP contribution is 2.68. The summed E-state index contributed by atoms with van der Waals surface area (Å²) in [5, 5.41) is 2.74. The van der Waals surface area contributed by atoms with Crippen molar-refractivity contribution in [2.24, 2.45) is 5.41 Å². The summed E-state index contributed by atoms with van der Waals surface area (Å²) in [6.45, 7) is 10.8. The Hall–Kier alpha value is -5.02. The van der Waals surface area contributed by atoms with Crippen molar-refractivity contribution < 1.29 is 0 Å². The van der Waals surface area contributed by atoms with Gasteiger partial charge in [0.2, 0.25) is 6.71 Å². The summed E-state index contributed by atoms with van der Waals surface area (Å²) >= 11 is 0. The van der Waals surface area contributed by atoms with Gasteiger partial charge in [-0.3, -0.25) is 0 Å². The van der Waals surface area contributed by atoms with Crippen LogP contribution in [-0.4, -0.2) is 16.8 Å². The van der Waals surface area contributed by atoms with E-state index in [-0.39, 0.29) is 28.5 Å². The van der Waals surface area contributed by atoms with Crippen molar-refractivity contribution in [3.63, 3.8) is 0 Å². The lowest BCUT2D eigenvalue weighted by Gasteiger charge is -2.52. The van der Waals surface area contributed by atoms with Crippen molar-refractivity contribution in [2.75, 3.05) is 4.90 Å². The molecule has 5 atom stereocenters. The van der Waals surface area contributed by atoms with Gasteiger partial charge in [-0.15, -0.1) is 0 Å². The molecule has 0 bridgehead atoms. The van der Waals surface area contributed by atoms with Crippen LogP contribution in [0.1, 0.15) is 107 Å². The predicted octanol–water partition coefficient (Wildman–Crippen LogP) is 11.3. The smallest absolute Gasteiger partial charge is 0.247 e. The molecule has 274 valence electrons. The Morgan fingerprint density at radius 3 is 2.18 bits per heavy atom. The van der Waals surface area contributed by atoms with Gasteiger partial charge in [0.1, 0.15) is 0 Å². The van der Waals surface area contributed by atoms with Crippen LogP contribution in [0.3, 0.4) is 0 Å². The molecule has 0 N–H and O–H groups in total. The minimum Gasteiger partial charge on any atom is -0.334 e. The van der Waals surface area contributed by atoms with Crippen LogP contribution >= 0.6 is 0 Å². The first-order valence-corrected chi connectivity index (χ1v) is 21.6. The maximum absolute atomic E-state index is 2.87. The summed E-state index contributed by atoms with van der Waals surface area (Å²) < 4.78 is 2.70. The molecule has 6 aliphatic rings. The van der Waals surface area contributed by atoms with Crippen molar-refractivity contribution in [2.45, 2.75) is 101 Å². The molecule has 13 rings (SSSR count). The number of hydrogen-bond acceptors (Lipinski definition) is 1. The molecule has 3 aliphatic carbocycles. The Kier molecular flexibility index (Phi) is 6.01. The molecule has 6 aromatic carbocycles. The average Bonchev–Trinajstić information content (AvgIpc) is 3.75. The van der Waals surface area contributed by atoms with Gasteiger partial charge in [0.25, 0.3) is 0 Å². The monoisotopic (exact) mass is 724 g/mol. The van der Waals surface area contributed by atoms with E-state index in [1.54, 1.807) is 27.6 Å². The third kappa shape index (κ3) is 3.52. The first-order valence-electron chi connectivity index (χ1n) is 21.6. The molecule has 2 saturated carbocycles. The van der Waals surface area contributed by atoms with Gasteiger partial charge in [0.05, 0.1) is 11.1 Å². The van der Waals surface area contributed by atoms with Crippen LogP contribution in [0.5, 0.6) is 0 Å². The number of benzene rings is 6. The molecular weight excluding hydrogens is 675 g/mol. The van der Waals surface area contributed by atoms with Crippen LogP contribution in [0.2, 0.25) is 0 Å². The van der Waals surface area contributed by atoms with Gasteiger partial charge in [-0.25, -0.2) is 0 Å². The summed E-state index contributed by atoms with van der Waals surface area (Å²) in [5.41, 5.74) is 21.0. The van der Waals surface area contributed by atoms with Gasteiger partial charge in [-0.1, -0.05) is 143 Å².